The first kappa shape index (κ1) is 29.0. The lowest BCUT2D eigenvalue weighted by atomic mass is 9.69. The molecule has 0 N–H and O–H groups in total. The molecular weight excluding hydrogens is 610 g/mol. The van der Waals surface area contributed by atoms with E-state index in [4.69, 9.17) is 0 Å². The Hall–Kier alpha value is -5.99. The van der Waals surface area contributed by atoms with Crippen molar-refractivity contribution in [2.45, 2.75) is 25.2 Å². The monoisotopic (exact) mass is 643 g/mol. The van der Waals surface area contributed by atoms with Crippen LogP contribution in [0.4, 0.5) is 21.5 Å². The second-order valence-corrected chi connectivity index (χ2v) is 14.0. The Kier molecular flexibility index (Phi) is 6.23. The molecule has 8 aromatic carbocycles. The number of hydrogen-bond donors (Lipinski definition) is 0. The topological polar surface area (TPSA) is 3.24 Å². The first-order valence-corrected chi connectivity index (χ1v) is 17.5. The van der Waals surface area contributed by atoms with E-state index in [0.29, 0.717) is 5.92 Å². The Balaban J connectivity index is 1.38. The molecule has 10 rings (SSSR count). The molecule has 2 heteroatoms. The summed E-state index contributed by atoms with van der Waals surface area (Å²) in [6.07, 6.45) is 0. The van der Waals surface area contributed by atoms with E-state index in [1.165, 1.54) is 66.2 Å². The van der Waals surface area contributed by atoms with Gasteiger partial charge in [-0.15, -0.1) is 0 Å². The van der Waals surface area contributed by atoms with E-state index in [0.717, 1.165) is 22.4 Å². The number of fused-ring (bicyclic) bond motifs is 14. The molecule has 0 unspecified atom stereocenters. The van der Waals surface area contributed by atoms with E-state index in [9.17, 15) is 4.39 Å². The van der Waals surface area contributed by atoms with Crippen molar-refractivity contribution in [3.8, 4) is 22.3 Å². The maximum atomic E-state index is 14.5. The van der Waals surface area contributed by atoms with Gasteiger partial charge in [0.1, 0.15) is 5.82 Å². The molecule has 2 aliphatic carbocycles. The van der Waals surface area contributed by atoms with Crippen LogP contribution in [0.15, 0.2) is 164 Å². The highest BCUT2D eigenvalue weighted by Crippen LogP contribution is 2.66. The van der Waals surface area contributed by atoms with Crippen LogP contribution in [0.2, 0.25) is 0 Å². The molecule has 50 heavy (non-hydrogen) atoms. The highest BCUT2D eigenvalue weighted by atomic mass is 19.1. The van der Waals surface area contributed by atoms with Gasteiger partial charge in [-0.05, 0) is 115 Å². The lowest BCUT2D eigenvalue weighted by Crippen LogP contribution is -2.26. The number of halogens is 1. The second-order valence-electron chi connectivity index (χ2n) is 14.0. The van der Waals surface area contributed by atoms with Gasteiger partial charge in [0.05, 0.1) is 11.1 Å². The minimum atomic E-state index is -0.534. The van der Waals surface area contributed by atoms with Crippen LogP contribution in [0.5, 0.6) is 0 Å². The van der Waals surface area contributed by atoms with Crippen LogP contribution in [0, 0.1) is 5.82 Å². The third-order valence-corrected chi connectivity index (χ3v) is 11.1. The van der Waals surface area contributed by atoms with Crippen molar-refractivity contribution in [2.24, 2.45) is 0 Å². The summed E-state index contributed by atoms with van der Waals surface area (Å²) in [5.74, 6) is 0.169. The van der Waals surface area contributed by atoms with Crippen molar-refractivity contribution in [3.63, 3.8) is 0 Å². The molecule has 0 bridgehead atoms. The van der Waals surface area contributed by atoms with Gasteiger partial charge in [0.25, 0.3) is 0 Å². The zero-order chi connectivity index (χ0) is 33.6. The van der Waals surface area contributed by atoms with Crippen molar-refractivity contribution in [3.05, 3.63) is 197 Å². The lowest BCUT2D eigenvalue weighted by molar-refractivity contribution is 0.628. The fourth-order valence-electron chi connectivity index (χ4n) is 8.97. The average Bonchev–Trinajstić information content (AvgIpc) is 3.63. The Bertz CT molecular complexity index is 2590. The zero-order valence-corrected chi connectivity index (χ0v) is 28.0. The number of nitrogens with zero attached hydrogens (tertiary/aromatic N) is 1. The summed E-state index contributed by atoms with van der Waals surface area (Å²) < 4.78 is 14.5. The molecule has 0 saturated carbocycles. The summed E-state index contributed by atoms with van der Waals surface area (Å²) in [4.78, 5) is 2.31. The molecule has 1 nitrogen and oxygen atoms in total. The van der Waals surface area contributed by atoms with Gasteiger partial charge in [0.15, 0.2) is 0 Å². The summed E-state index contributed by atoms with van der Waals surface area (Å²) in [5.41, 5.74) is 14.1. The Morgan fingerprint density at radius 2 is 1.06 bits per heavy atom. The fourth-order valence-corrected chi connectivity index (χ4v) is 8.97. The van der Waals surface area contributed by atoms with Crippen LogP contribution in [0.1, 0.15) is 47.6 Å². The molecule has 0 radical (unpaired) electrons. The smallest absolute Gasteiger partial charge is 0.123 e. The summed E-state index contributed by atoms with van der Waals surface area (Å²) in [7, 11) is 0. The highest BCUT2D eigenvalue weighted by molar-refractivity contribution is 6.14. The number of anilines is 3. The normalized spacial score (nSPS) is 13.4. The molecule has 8 aromatic rings. The van der Waals surface area contributed by atoms with Crippen LogP contribution in [-0.2, 0) is 5.41 Å². The van der Waals surface area contributed by atoms with Gasteiger partial charge in [-0.3, -0.25) is 0 Å². The lowest BCUT2D eigenvalue weighted by Gasteiger charge is -2.33. The van der Waals surface area contributed by atoms with Gasteiger partial charge in [0, 0.05) is 16.8 Å². The molecule has 0 amide bonds. The quantitative estimate of drug-likeness (QED) is 0.184. The minimum absolute atomic E-state index is 0.247. The molecular formula is C48H34FN. The van der Waals surface area contributed by atoms with E-state index in [1.54, 1.807) is 12.1 Å². The summed E-state index contributed by atoms with van der Waals surface area (Å²) in [6.45, 7) is 4.44. The van der Waals surface area contributed by atoms with E-state index < -0.39 is 5.41 Å². The predicted octanol–water partition coefficient (Wildman–Crippen LogP) is 13.1. The summed E-state index contributed by atoms with van der Waals surface area (Å²) in [6, 6.07) is 58.5. The fraction of sp³-hybridized carbons (Fsp3) is 0.0833. The summed E-state index contributed by atoms with van der Waals surface area (Å²) >= 11 is 0. The standard InChI is InChI=1S/C48H34FN/c1-30(2)31-19-24-34(25-20-31)50(35-26-22-33(49)23-27-35)45-29-44-46(40-16-6-5-15-39(40)45)41-28-21-32-11-3-4-12-36(32)47(41)48(44)42-17-9-7-13-37(42)38-14-8-10-18-43(38)48/h3-30H,1-2H3. The van der Waals surface area contributed by atoms with Crippen LogP contribution >= 0.6 is 0 Å². The summed E-state index contributed by atoms with van der Waals surface area (Å²) in [5, 5.41) is 4.88. The number of benzene rings is 8. The van der Waals surface area contributed by atoms with Crippen molar-refractivity contribution >= 4 is 38.6 Å². The van der Waals surface area contributed by atoms with Gasteiger partial charge in [-0.2, -0.15) is 0 Å². The van der Waals surface area contributed by atoms with Crippen molar-refractivity contribution < 1.29 is 4.39 Å². The molecule has 0 fully saturated rings. The van der Waals surface area contributed by atoms with Crippen molar-refractivity contribution in [1.82, 2.24) is 0 Å². The first-order chi connectivity index (χ1) is 24.6. The third kappa shape index (κ3) is 3.88. The molecule has 2 aliphatic rings. The largest absolute Gasteiger partial charge is 0.310 e. The zero-order valence-electron chi connectivity index (χ0n) is 28.0. The highest BCUT2D eigenvalue weighted by Gasteiger charge is 2.53. The number of rotatable bonds is 4. The van der Waals surface area contributed by atoms with Crippen molar-refractivity contribution in [2.75, 3.05) is 4.90 Å². The second kappa shape index (κ2) is 10.8. The predicted molar refractivity (Wildman–Crippen MR) is 206 cm³/mol. The Morgan fingerprint density at radius 3 is 1.72 bits per heavy atom. The minimum Gasteiger partial charge on any atom is -0.310 e. The molecule has 0 heterocycles. The molecule has 0 aromatic heterocycles. The first-order valence-electron chi connectivity index (χ1n) is 17.5. The Labute approximate surface area is 291 Å². The van der Waals surface area contributed by atoms with Crippen LogP contribution in [0.3, 0.4) is 0 Å². The Morgan fingerprint density at radius 1 is 0.500 bits per heavy atom. The van der Waals surface area contributed by atoms with E-state index in [-0.39, 0.29) is 5.82 Å². The molecule has 0 atom stereocenters. The van der Waals surface area contributed by atoms with Gasteiger partial charge in [-0.1, -0.05) is 135 Å². The molecule has 1 spiro atoms. The molecule has 0 aliphatic heterocycles. The van der Waals surface area contributed by atoms with E-state index in [1.807, 2.05) is 12.1 Å². The van der Waals surface area contributed by atoms with Gasteiger partial charge in [0.2, 0.25) is 0 Å². The van der Waals surface area contributed by atoms with Crippen LogP contribution in [0.25, 0.3) is 43.8 Å². The number of hydrogen-bond acceptors (Lipinski definition) is 1. The van der Waals surface area contributed by atoms with Gasteiger partial charge < -0.3 is 4.90 Å². The average molecular weight is 644 g/mol. The third-order valence-electron chi connectivity index (χ3n) is 11.1. The maximum absolute atomic E-state index is 14.5. The van der Waals surface area contributed by atoms with Crippen LogP contribution in [-0.4, -0.2) is 0 Å². The van der Waals surface area contributed by atoms with Crippen LogP contribution < -0.4 is 4.90 Å². The SMILES string of the molecule is CC(C)c1ccc(N(c2ccc(F)cc2)c2cc3c(c4ccccc24)-c2ccc4ccccc4c2C32c3ccccc3-c3ccccc32)cc1. The molecule has 0 saturated heterocycles. The van der Waals surface area contributed by atoms with Gasteiger partial charge >= 0.3 is 0 Å². The van der Waals surface area contributed by atoms with Gasteiger partial charge in [-0.25, -0.2) is 4.39 Å². The van der Waals surface area contributed by atoms with E-state index >= 15 is 0 Å². The molecule has 238 valence electrons. The van der Waals surface area contributed by atoms with E-state index in [2.05, 4.69) is 158 Å². The van der Waals surface area contributed by atoms with Crippen molar-refractivity contribution in [1.29, 1.82) is 0 Å². The maximum Gasteiger partial charge on any atom is 0.123 e.